The number of hydrogen-bond acceptors (Lipinski definition) is 6. The Morgan fingerprint density at radius 3 is 2.30 bits per heavy atom. The van der Waals surface area contributed by atoms with Crippen molar-refractivity contribution < 1.29 is 9.47 Å². The van der Waals surface area contributed by atoms with Gasteiger partial charge in [0.25, 0.3) is 5.56 Å². The molecule has 0 aliphatic carbocycles. The average molecular weight is 372 g/mol. The lowest BCUT2D eigenvalue weighted by Gasteiger charge is -2.11. The maximum Gasteiger partial charge on any atom is 0.331 e. The van der Waals surface area contributed by atoms with Crippen LogP contribution in [0.15, 0.2) is 39.0 Å². The van der Waals surface area contributed by atoms with Gasteiger partial charge in [-0.05, 0) is 29.8 Å². The van der Waals surface area contributed by atoms with Crippen molar-refractivity contribution in [2.45, 2.75) is 0 Å². The predicted octanol–water partition coefficient (Wildman–Crippen LogP) is 1.38. The number of rotatable bonds is 6. The molecule has 0 amide bonds. The van der Waals surface area contributed by atoms with Gasteiger partial charge in [0, 0.05) is 40.6 Å². The minimum atomic E-state index is -0.465. The van der Waals surface area contributed by atoms with Gasteiger partial charge in [-0.3, -0.25) is 13.9 Å². The van der Waals surface area contributed by atoms with Crippen molar-refractivity contribution >= 4 is 18.0 Å². The molecule has 0 saturated carbocycles. The zero-order valence-electron chi connectivity index (χ0n) is 16.4. The van der Waals surface area contributed by atoms with E-state index in [0.717, 1.165) is 10.1 Å². The maximum atomic E-state index is 12.6. The van der Waals surface area contributed by atoms with Gasteiger partial charge in [0.05, 0.1) is 19.9 Å². The second-order valence-electron chi connectivity index (χ2n) is 6.09. The van der Waals surface area contributed by atoms with E-state index in [1.807, 2.05) is 19.0 Å². The highest BCUT2D eigenvalue weighted by atomic mass is 16.5. The van der Waals surface area contributed by atoms with E-state index in [0.29, 0.717) is 17.2 Å². The van der Waals surface area contributed by atoms with Gasteiger partial charge >= 0.3 is 5.69 Å². The first-order chi connectivity index (χ1) is 12.8. The third kappa shape index (κ3) is 4.28. The van der Waals surface area contributed by atoms with Gasteiger partial charge in [-0.15, -0.1) is 0 Å². The standard InChI is InChI=1S/C19H24N4O4/c1-21(2)10-9-14-17(18(24)23(4)19(25)22(14)3)20-12-13-7-8-15(26-5)16(11-13)27-6/h7-12H,1-6H3/b10-9+,20-12?. The van der Waals surface area contributed by atoms with Crippen LogP contribution in [-0.2, 0) is 14.1 Å². The second-order valence-corrected chi connectivity index (χ2v) is 6.09. The zero-order chi connectivity index (χ0) is 20.1. The minimum Gasteiger partial charge on any atom is -0.493 e. The topological polar surface area (TPSA) is 78.1 Å². The smallest absolute Gasteiger partial charge is 0.331 e. The fourth-order valence-corrected chi connectivity index (χ4v) is 2.45. The van der Waals surface area contributed by atoms with Crippen molar-refractivity contribution in [1.82, 2.24) is 14.0 Å². The molecule has 1 heterocycles. The maximum absolute atomic E-state index is 12.6. The van der Waals surface area contributed by atoms with E-state index >= 15 is 0 Å². The Kier molecular flexibility index (Phi) is 6.23. The lowest BCUT2D eigenvalue weighted by atomic mass is 10.2. The van der Waals surface area contributed by atoms with Crippen LogP contribution in [0.1, 0.15) is 11.3 Å². The van der Waals surface area contributed by atoms with Crippen LogP contribution in [0.5, 0.6) is 11.5 Å². The van der Waals surface area contributed by atoms with Crippen molar-refractivity contribution in [2.24, 2.45) is 19.1 Å². The van der Waals surface area contributed by atoms with Gasteiger partial charge < -0.3 is 14.4 Å². The first kappa shape index (κ1) is 20.0. The predicted molar refractivity (Wildman–Crippen MR) is 106 cm³/mol. The molecular weight excluding hydrogens is 348 g/mol. The van der Waals surface area contributed by atoms with Crippen molar-refractivity contribution in [3.05, 3.63) is 56.5 Å². The summed E-state index contributed by atoms with van der Waals surface area (Å²) >= 11 is 0. The molecule has 0 N–H and O–H groups in total. The van der Waals surface area contributed by atoms with Crippen LogP contribution < -0.4 is 20.7 Å². The molecule has 144 valence electrons. The fraction of sp³-hybridized carbons (Fsp3) is 0.316. The minimum absolute atomic E-state index is 0.174. The van der Waals surface area contributed by atoms with Crippen LogP contribution in [0.4, 0.5) is 5.69 Å². The van der Waals surface area contributed by atoms with E-state index in [1.165, 1.54) is 11.6 Å². The normalized spacial score (nSPS) is 11.3. The van der Waals surface area contributed by atoms with Gasteiger partial charge in [-0.2, -0.15) is 0 Å². The van der Waals surface area contributed by atoms with Crippen LogP contribution >= 0.6 is 0 Å². The molecule has 0 unspecified atom stereocenters. The molecule has 0 spiro atoms. The molecule has 0 aliphatic heterocycles. The first-order valence-corrected chi connectivity index (χ1v) is 8.20. The Balaban J connectivity index is 2.59. The summed E-state index contributed by atoms with van der Waals surface area (Å²) in [5.74, 6) is 1.16. The lowest BCUT2D eigenvalue weighted by Crippen LogP contribution is -2.37. The van der Waals surface area contributed by atoms with Crippen LogP contribution in [0.3, 0.4) is 0 Å². The Bertz CT molecular complexity index is 1000. The van der Waals surface area contributed by atoms with Crippen LogP contribution in [-0.4, -0.2) is 48.6 Å². The highest BCUT2D eigenvalue weighted by molar-refractivity contribution is 5.84. The van der Waals surface area contributed by atoms with Crippen LogP contribution in [0.2, 0.25) is 0 Å². The third-order valence-electron chi connectivity index (χ3n) is 3.97. The summed E-state index contributed by atoms with van der Waals surface area (Å²) < 4.78 is 12.9. The lowest BCUT2D eigenvalue weighted by molar-refractivity contribution is 0.355. The molecule has 1 aromatic carbocycles. The summed E-state index contributed by atoms with van der Waals surface area (Å²) in [4.78, 5) is 31.0. The number of hydrogen-bond donors (Lipinski definition) is 0. The summed E-state index contributed by atoms with van der Waals surface area (Å²) in [5, 5.41) is 0. The van der Waals surface area contributed by atoms with E-state index in [9.17, 15) is 9.59 Å². The van der Waals surface area contributed by atoms with Crippen molar-refractivity contribution in [3.8, 4) is 11.5 Å². The number of ether oxygens (including phenoxy) is 2. The molecule has 0 radical (unpaired) electrons. The summed E-state index contributed by atoms with van der Waals surface area (Å²) in [6.45, 7) is 0. The molecule has 0 fully saturated rings. The third-order valence-corrected chi connectivity index (χ3v) is 3.97. The first-order valence-electron chi connectivity index (χ1n) is 8.20. The van der Waals surface area contributed by atoms with Crippen molar-refractivity contribution in [2.75, 3.05) is 28.3 Å². The van der Waals surface area contributed by atoms with Crippen molar-refractivity contribution in [3.63, 3.8) is 0 Å². The quantitative estimate of drug-likeness (QED) is 0.716. The number of aliphatic imine (C=N–C) groups is 1. The monoisotopic (exact) mass is 372 g/mol. The van der Waals surface area contributed by atoms with E-state index in [2.05, 4.69) is 4.99 Å². The van der Waals surface area contributed by atoms with Gasteiger partial charge in [0.1, 0.15) is 0 Å². The van der Waals surface area contributed by atoms with Gasteiger partial charge in [0.15, 0.2) is 17.2 Å². The molecule has 0 atom stereocenters. The summed E-state index contributed by atoms with van der Waals surface area (Å²) in [5.41, 5.74) is 0.448. The SMILES string of the molecule is COc1ccc(C=Nc2c(/C=C/N(C)C)n(C)c(=O)n(C)c2=O)cc1OC. The number of methoxy groups -OCH3 is 2. The molecule has 0 aliphatic rings. The highest BCUT2D eigenvalue weighted by Gasteiger charge is 2.13. The van der Waals surface area contributed by atoms with Crippen LogP contribution in [0.25, 0.3) is 6.08 Å². The number of nitrogens with zero attached hydrogens (tertiary/aromatic N) is 4. The molecule has 8 heteroatoms. The zero-order valence-corrected chi connectivity index (χ0v) is 16.4. The number of benzene rings is 1. The molecule has 1 aromatic heterocycles. The molecule has 0 saturated heterocycles. The van der Waals surface area contributed by atoms with Crippen LogP contribution in [0, 0.1) is 0 Å². The number of aromatic nitrogens is 2. The van der Waals surface area contributed by atoms with E-state index in [-0.39, 0.29) is 5.69 Å². The highest BCUT2D eigenvalue weighted by Crippen LogP contribution is 2.27. The summed E-state index contributed by atoms with van der Waals surface area (Å²) in [6, 6.07) is 5.31. The average Bonchev–Trinajstić information content (AvgIpc) is 2.66. The van der Waals surface area contributed by atoms with Gasteiger partial charge in [0.2, 0.25) is 0 Å². The van der Waals surface area contributed by atoms with E-state index in [1.54, 1.807) is 58.0 Å². The summed E-state index contributed by atoms with van der Waals surface area (Å²) in [6.07, 6.45) is 4.99. The molecule has 2 aromatic rings. The second kappa shape index (κ2) is 8.39. The molecule has 8 nitrogen and oxygen atoms in total. The Hall–Kier alpha value is -3.29. The Labute approximate surface area is 157 Å². The van der Waals surface area contributed by atoms with Gasteiger partial charge in [-0.1, -0.05) is 0 Å². The Morgan fingerprint density at radius 1 is 1.04 bits per heavy atom. The van der Waals surface area contributed by atoms with E-state index in [4.69, 9.17) is 9.47 Å². The van der Waals surface area contributed by atoms with E-state index < -0.39 is 11.2 Å². The Morgan fingerprint density at radius 2 is 1.70 bits per heavy atom. The molecular formula is C19H24N4O4. The molecule has 27 heavy (non-hydrogen) atoms. The largest absolute Gasteiger partial charge is 0.493 e. The molecule has 0 bridgehead atoms. The van der Waals surface area contributed by atoms with Gasteiger partial charge in [-0.25, -0.2) is 9.79 Å². The fourth-order valence-electron chi connectivity index (χ4n) is 2.45. The molecule has 2 rings (SSSR count). The van der Waals surface area contributed by atoms with Crippen molar-refractivity contribution in [1.29, 1.82) is 0 Å². The summed E-state index contributed by atoms with van der Waals surface area (Å²) in [7, 11) is 9.84.